The summed E-state index contributed by atoms with van der Waals surface area (Å²) in [7, 11) is 3.56. The summed E-state index contributed by atoms with van der Waals surface area (Å²) in [5, 5.41) is 4.54. The van der Waals surface area contributed by atoms with Crippen molar-refractivity contribution in [3.8, 4) is 22.6 Å². The predicted molar refractivity (Wildman–Crippen MR) is 145 cm³/mol. The normalized spacial score (nSPS) is 15.5. The fourth-order valence-electron chi connectivity index (χ4n) is 5.69. The third-order valence-electron chi connectivity index (χ3n) is 7.50. The maximum absolute atomic E-state index is 13.1. The number of aromatic nitrogens is 1. The van der Waals surface area contributed by atoms with Gasteiger partial charge in [0.2, 0.25) is 0 Å². The van der Waals surface area contributed by atoms with Gasteiger partial charge in [0.1, 0.15) is 0 Å². The zero-order chi connectivity index (χ0) is 25.7. The van der Waals surface area contributed by atoms with Crippen LogP contribution in [-0.2, 0) is 7.05 Å². The molecule has 2 amide bonds. The van der Waals surface area contributed by atoms with Crippen LogP contribution in [0.5, 0.6) is 11.5 Å². The number of likely N-dealkylation sites (tertiary alicyclic amines) is 1. The number of nitrogens with zero attached hydrogens (tertiary/aromatic N) is 2. The lowest BCUT2D eigenvalue weighted by atomic mass is 9.93. The number of aryl methyl sites for hydroxylation is 1. The monoisotopic (exact) mass is 517 g/mol. The molecule has 0 radical (unpaired) electrons. The highest BCUT2D eigenvalue weighted by Gasteiger charge is 2.35. The van der Waals surface area contributed by atoms with Gasteiger partial charge in [-0.2, -0.15) is 0 Å². The van der Waals surface area contributed by atoms with Gasteiger partial charge in [-0.05, 0) is 56.1 Å². The van der Waals surface area contributed by atoms with E-state index in [1.807, 2.05) is 48.0 Å². The Labute approximate surface area is 219 Å². The highest BCUT2D eigenvalue weighted by molar-refractivity contribution is 6.36. The molecular formula is C29H28ClN3O4. The number of carbonyl (C=O) groups is 2. The lowest BCUT2D eigenvalue weighted by Gasteiger charge is -2.15. The Morgan fingerprint density at radius 2 is 1.70 bits per heavy atom. The molecule has 0 atom stereocenters. The molecule has 7 nitrogen and oxygen atoms in total. The first-order valence-corrected chi connectivity index (χ1v) is 13.0. The number of rotatable bonds is 7. The van der Waals surface area contributed by atoms with Gasteiger partial charge in [0.25, 0.3) is 11.8 Å². The first-order valence-electron chi connectivity index (χ1n) is 12.6. The van der Waals surface area contributed by atoms with Crippen LogP contribution in [0.15, 0.2) is 42.5 Å². The van der Waals surface area contributed by atoms with Crippen LogP contribution in [0.25, 0.3) is 32.9 Å². The van der Waals surface area contributed by atoms with Crippen LogP contribution in [0.4, 0.5) is 0 Å². The standard InChI is InChI=1S/C29H28ClN3O4/c1-32-21-16-24(37-13-7-12-33-10-5-6-11-33)23(36-2)15-19(21)25-22(32)14-18(17-8-3-4-9-20(17)30)26-27(25)29(35)31-28(26)34/h3-4,8-9,14-16H,5-7,10-13H2,1-2H3,(H,31,34,35). The van der Waals surface area contributed by atoms with Crippen molar-refractivity contribution in [2.45, 2.75) is 19.3 Å². The summed E-state index contributed by atoms with van der Waals surface area (Å²) >= 11 is 6.52. The molecular weight excluding hydrogens is 490 g/mol. The number of methoxy groups -OCH3 is 1. The van der Waals surface area contributed by atoms with Gasteiger partial charge < -0.3 is 18.9 Å². The summed E-state index contributed by atoms with van der Waals surface area (Å²) < 4.78 is 13.9. The number of nitrogens with one attached hydrogen (secondary N) is 1. The fourth-order valence-corrected chi connectivity index (χ4v) is 5.93. The van der Waals surface area contributed by atoms with Crippen LogP contribution in [0, 0.1) is 0 Å². The maximum atomic E-state index is 13.1. The van der Waals surface area contributed by atoms with Crippen molar-refractivity contribution >= 4 is 45.2 Å². The molecule has 0 spiro atoms. The van der Waals surface area contributed by atoms with Gasteiger partial charge in [-0.15, -0.1) is 0 Å². The van der Waals surface area contributed by atoms with Crippen LogP contribution in [0.1, 0.15) is 40.0 Å². The van der Waals surface area contributed by atoms with E-state index in [0.717, 1.165) is 29.4 Å². The fraction of sp³-hybridized carbons (Fsp3) is 0.310. The van der Waals surface area contributed by atoms with Crippen molar-refractivity contribution < 1.29 is 19.1 Å². The van der Waals surface area contributed by atoms with Gasteiger partial charge in [0, 0.05) is 41.0 Å². The summed E-state index contributed by atoms with van der Waals surface area (Å²) in [6.07, 6.45) is 3.49. The van der Waals surface area contributed by atoms with Crippen LogP contribution < -0.4 is 14.8 Å². The van der Waals surface area contributed by atoms with Crippen molar-refractivity contribution in [3.63, 3.8) is 0 Å². The molecule has 6 rings (SSSR count). The first-order chi connectivity index (χ1) is 18.0. The molecule has 2 aliphatic heterocycles. The topological polar surface area (TPSA) is 72.8 Å². The predicted octanol–water partition coefficient (Wildman–Crippen LogP) is 5.41. The Kier molecular flexibility index (Phi) is 6.05. The number of imide groups is 1. The Morgan fingerprint density at radius 3 is 2.46 bits per heavy atom. The SMILES string of the molecule is COc1cc2c3c4c(c(-c5ccccc5Cl)cc3n(C)c2cc1OCCCN1CCCC1)C(=O)NC4=O. The minimum atomic E-state index is -0.418. The van der Waals surface area contributed by atoms with E-state index in [-0.39, 0.29) is 0 Å². The molecule has 4 aromatic rings. The molecule has 0 aliphatic carbocycles. The van der Waals surface area contributed by atoms with E-state index < -0.39 is 11.8 Å². The lowest BCUT2D eigenvalue weighted by Crippen LogP contribution is -2.21. The summed E-state index contributed by atoms with van der Waals surface area (Å²) in [5.41, 5.74) is 3.76. The van der Waals surface area contributed by atoms with Gasteiger partial charge in [-0.3, -0.25) is 14.9 Å². The zero-order valence-corrected chi connectivity index (χ0v) is 21.7. The third-order valence-corrected chi connectivity index (χ3v) is 7.83. The molecule has 8 heteroatoms. The highest BCUT2D eigenvalue weighted by atomic mass is 35.5. The second-order valence-electron chi connectivity index (χ2n) is 9.66. The minimum absolute atomic E-state index is 0.347. The van der Waals surface area contributed by atoms with Crippen molar-refractivity contribution in [1.29, 1.82) is 0 Å². The Balaban J connectivity index is 1.48. The molecule has 37 heavy (non-hydrogen) atoms. The van der Waals surface area contributed by atoms with E-state index in [9.17, 15) is 9.59 Å². The Bertz CT molecular complexity index is 1570. The number of ether oxygens (including phenoxy) is 2. The van der Waals surface area contributed by atoms with Crippen molar-refractivity contribution in [2.24, 2.45) is 7.05 Å². The second kappa shape index (κ2) is 9.39. The largest absolute Gasteiger partial charge is 0.493 e. The van der Waals surface area contributed by atoms with Crippen LogP contribution in [0.3, 0.4) is 0 Å². The number of fused-ring (bicyclic) bond motifs is 5. The average molecular weight is 518 g/mol. The molecule has 1 fully saturated rings. The number of halogens is 1. The lowest BCUT2D eigenvalue weighted by molar-refractivity contribution is 0.0880. The number of benzene rings is 3. The first kappa shape index (κ1) is 23.8. The third kappa shape index (κ3) is 3.93. The van der Waals surface area contributed by atoms with Gasteiger partial charge in [0.15, 0.2) is 11.5 Å². The molecule has 1 saturated heterocycles. The van der Waals surface area contributed by atoms with Crippen molar-refractivity contribution in [2.75, 3.05) is 33.4 Å². The Hall–Kier alpha value is -3.55. The van der Waals surface area contributed by atoms with E-state index >= 15 is 0 Å². The van der Waals surface area contributed by atoms with Crippen LogP contribution in [0.2, 0.25) is 5.02 Å². The van der Waals surface area contributed by atoms with Crippen LogP contribution >= 0.6 is 11.6 Å². The van der Waals surface area contributed by atoms with Crippen molar-refractivity contribution in [1.82, 2.24) is 14.8 Å². The molecule has 0 unspecified atom stereocenters. The van der Waals surface area contributed by atoms with Gasteiger partial charge in [0.05, 0.1) is 35.9 Å². The van der Waals surface area contributed by atoms with Gasteiger partial charge in [-0.25, -0.2) is 0 Å². The molecule has 0 saturated carbocycles. The Morgan fingerprint density at radius 1 is 0.946 bits per heavy atom. The van der Waals surface area contributed by atoms with E-state index in [2.05, 4.69) is 10.2 Å². The molecule has 190 valence electrons. The molecule has 1 N–H and O–H groups in total. The van der Waals surface area contributed by atoms with Gasteiger partial charge in [-0.1, -0.05) is 29.8 Å². The number of hydrogen-bond donors (Lipinski definition) is 1. The van der Waals surface area contributed by atoms with Crippen molar-refractivity contribution in [3.05, 3.63) is 58.6 Å². The zero-order valence-electron chi connectivity index (χ0n) is 20.9. The average Bonchev–Trinajstić information content (AvgIpc) is 3.59. The molecule has 3 aromatic carbocycles. The number of carbonyl (C=O) groups excluding carboxylic acids is 2. The van der Waals surface area contributed by atoms with Gasteiger partial charge >= 0.3 is 0 Å². The maximum Gasteiger partial charge on any atom is 0.259 e. The van der Waals surface area contributed by atoms with E-state index in [4.69, 9.17) is 21.1 Å². The number of hydrogen-bond acceptors (Lipinski definition) is 5. The minimum Gasteiger partial charge on any atom is -0.493 e. The summed E-state index contributed by atoms with van der Waals surface area (Å²) in [4.78, 5) is 28.5. The smallest absolute Gasteiger partial charge is 0.259 e. The van der Waals surface area contributed by atoms with E-state index in [1.54, 1.807) is 13.2 Å². The quantitative estimate of drug-likeness (QED) is 0.262. The molecule has 1 aromatic heterocycles. The highest BCUT2D eigenvalue weighted by Crippen LogP contribution is 2.44. The molecule has 3 heterocycles. The number of amides is 2. The van der Waals surface area contributed by atoms with E-state index in [1.165, 1.54) is 25.9 Å². The summed E-state index contributed by atoms with van der Waals surface area (Å²) in [6.45, 7) is 3.95. The van der Waals surface area contributed by atoms with Crippen LogP contribution in [-0.4, -0.2) is 54.6 Å². The summed E-state index contributed by atoms with van der Waals surface area (Å²) in [6, 6.07) is 13.1. The molecule has 0 bridgehead atoms. The van der Waals surface area contributed by atoms with E-state index in [0.29, 0.717) is 50.8 Å². The summed E-state index contributed by atoms with van der Waals surface area (Å²) in [5.74, 6) is 0.423. The molecule has 2 aliphatic rings. The second-order valence-corrected chi connectivity index (χ2v) is 10.1.